The number of para-hydroxylation sites is 1. The molecule has 7 heteroatoms. The van der Waals surface area contributed by atoms with Crippen LogP contribution in [-0.2, 0) is 13.0 Å². The molecule has 0 atom stereocenters. The second-order valence-corrected chi connectivity index (χ2v) is 6.74. The molecule has 0 aliphatic carbocycles. The van der Waals surface area contributed by atoms with Crippen molar-refractivity contribution in [3.63, 3.8) is 0 Å². The average molecular weight is 386 g/mol. The summed E-state index contributed by atoms with van der Waals surface area (Å²) in [4.78, 5) is 0. The zero-order chi connectivity index (χ0) is 19.5. The molecule has 0 aliphatic heterocycles. The van der Waals surface area contributed by atoms with E-state index in [9.17, 15) is 5.26 Å². The molecule has 0 radical (unpaired) electrons. The highest BCUT2D eigenvalue weighted by Crippen LogP contribution is 2.22. The van der Waals surface area contributed by atoms with E-state index in [4.69, 9.17) is 12.2 Å². The smallest absolute Gasteiger partial charge is 0.216 e. The largest absolute Gasteiger partial charge is 0.342 e. The number of rotatable bonds is 5. The van der Waals surface area contributed by atoms with Crippen molar-refractivity contribution in [2.45, 2.75) is 19.9 Å². The molecule has 0 saturated carbocycles. The minimum absolute atomic E-state index is 0.472. The number of hydrogen-bond acceptors (Lipinski definition) is 4. The molecule has 2 aromatic carbocycles. The van der Waals surface area contributed by atoms with Gasteiger partial charge in [-0.25, -0.2) is 0 Å². The lowest BCUT2D eigenvalue weighted by atomic mass is 10.1. The van der Waals surface area contributed by atoms with Crippen molar-refractivity contribution in [2.75, 3.05) is 0 Å². The van der Waals surface area contributed by atoms with Crippen LogP contribution in [0, 0.1) is 16.1 Å². The van der Waals surface area contributed by atoms with Gasteiger partial charge in [-0.15, -0.1) is 0 Å². The van der Waals surface area contributed by atoms with Gasteiger partial charge < -0.3 is 4.57 Å². The Kier molecular flexibility index (Phi) is 4.87. The van der Waals surface area contributed by atoms with Crippen LogP contribution in [0.1, 0.15) is 29.4 Å². The predicted molar refractivity (Wildman–Crippen MR) is 112 cm³/mol. The van der Waals surface area contributed by atoms with Gasteiger partial charge in [-0.1, -0.05) is 43.3 Å². The van der Waals surface area contributed by atoms with Crippen LogP contribution in [0.15, 0.2) is 59.8 Å². The van der Waals surface area contributed by atoms with E-state index in [1.807, 2.05) is 43.3 Å². The van der Waals surface area contributed by atoms with Crippen LogP contribution < -0.4 is 0 Å². The Hall–Kier alpha value is -3.50. The molecule has 0 spiro atoms. The van der Waals surface area contributed by atoms with Gasteiger partial charge in [0.1, 0.15) is 0 Å². The maximum atomic E-state index is 9.38. The van der Waals surface area contributed by atoms with Crippen molar-refractivity contribution in [1.29, 1.82) is 5.26 Å². The molecular formula is C21H18N6S. The Balaban J connectivity index is 1.77. The second-order valence-electron chi connectivity index (χ2n) is 6.35. The van der Waals surface area contributed by atoms with E-state index in [2.05, 4.69) is 44.3 Å². The zero-order valence-electron chi connectivity index (χ0n) is 15.3. The zero-order valence-corrected chi connectivity index (χ0v) is 16.1. The Bertz CT molecular complexity index is 1270. The summed E-state index contributed by atoms with van der Waals surface area (Å²) in [5, 5.41) is 22.0. The third kappa shape index (κ3) is 3.26. The van der Waals surface area contributed by atoms with Crippen LogP contribution in [0.2, 0.25) is 0 Å². The Morgan fingerprint density at radius 2 is 2.00 bits per heavy atom. The molecule has 28 heavy (non-hydrogen) atoms. The molecule has 2 aromatic heterocycles. The van der Waals surface area contributed by atoms with E-state index in [-0.39, 0.29) is 0 Å². The van der Waals surface area contributed by atoms with Crippen molar-refractivity contribution in [3.8, 4) is 6.07 Å². The first-order valence-corrected chi connectivity index (χ1v) is 9.38. The molecule has 2 heterocycles. The molecule has 0 saturated heterocycles. The first-order chi connectivity index (χ1) is 13.7. The van der Waals surface area contributed by atoms with Gasteiger partial charge in [0.25, 0.3) is 0 Å². The highest BCUT2D eigenvalue weighted by Gasteiger charge is 2.09. The molecule has 0 bridgehead atoms. The molecule has 6 nitrogen and oxygen atoms in total. The van der Waals surface area contributed by atoms with Crippen LogP contribution in [0.4, 0.5) is 0 Å². The van der Waals surface area contributed by atoms with Crippen molar-refractivity contribution < 1.29 is 0 Å². The van der Waals surface area contributed by atoms with Gasteiger partial charge in [-0.3, -0.25) is 5.10 Å². The highest BCUT2D eigenvalue weighted by molar-refractivity contribution is 7.71. The lowest BCUT2D eigenvalue weighted by Gasteiger charge is -2.07. The molecule has 1 N–H and O–H groups in total. The van der Waals surface area contributed by atoms with Gasteiger partial charge in [0.05, 0.1) is 17.8 Å². The number of nitriles is 1. The van der Waals surface area contributed by atoms with Gasteiger partial charge in [0, 0.05) is 35.6 Å². The van der Waals surface area contributed by atoms with E-state index >= 15 is 0 Å². The third-order valence-corrected chi connectivity index (χ3v) is 4.91. The molecule has 4 rings (SSSR count). The van der Waals surface area contributed by atoms with Gasteiger partial charge in [0.15, 0.2) is 5.82 Å². The van der Waals surface area contributed by atoms with E-state index in [1.165, 1.54) is 0 Å². The van der Waals surface area contributed by atoms with Crippen molar-refractivity contribution >= 4 is 29.3 Å². The number of benzene rings is 2. The first-order valence-electron chi connectivity index (χ1n) is 8.97. The molecule has 0 unspecified atom stereocenters. The number of nitrogens with zero attached hydrogens (tertiary/aromatic N) is 5. The lowest BCUT2D eigenvalue weighted by molar-refractivity contribution is 0.780. The SMILES string of the molecule is CCc1n[nH]c(=S)n1/N=C\c1cn(Cc2ccccc2C#N)c2ccccc12. The van der Waals surface area contributed by atoms with Crippen LogP contribution in [0.5, 0.6) is 0 Å². The molecule has 0 amide bonds. The quantitative estimate of drug-likeness (QED) is 0.411. The first kappa shape index (κ1) is 17.9. The second kappa shape index (κ2) is 7.62. The third-order valence-electron chi connectivity index (χ3n) is 4.64. The summed E-state index contributed by atoms with van der Waals surface area (Å²) in [6.45, 7) is 2.62. The molecule has 4 aromatic rings. The molecule has 0 aliphatic rings. The molecular weight excluding hydrogens is 368 g/mol. The monoisotopic (exact) mass is 386 g/mol. The fourth-order valence-electron chi connectivity index (χ4n) is 3.25. The number of hydrogen-bond donors (Lipinski definition) is 1. The maximum Gasteiger partial charge on any atom is 0.216 e. The minimum atomic E-state index is 0.472. The van der Waals surface area contributed by atoms with Crippen molar-refractivity contribution in [3.05, 3.63) is 82.0 Å². The van der Waals surface area contributed by atoms with E-state index in [0.29, 0.717) is 16.9 Å². The maximum absolute atomic E-state index is 9.38. The Labute approximate surface area is 167 Å². The fraction of sp³-hybridized carbons (Fsp3) is 0.143. The van der Waals surface area contributed by atoms with Crippen LogP contribution in [0.25, 0.3) is 10.9 Å². The summed E-state index contributed by atoms with van der Waals surface area (Å²) >= 11 is 5.27. The number of aryl methyl sites for hydroxylation is 1. The fourth-order valence-corrected chi connectivity index (χ4v) is 3.45. The highest BCUT2D eigenvalue weighted by atomic mass is 32.1. The van der Waals surface area contributed by atoms with Crippen LogP contribution in [-0.4, -0.2) is 25.7 Å². The van der Waals surface area contributed by atoms with E-state index in [1.54, 1.807) is 10.9 Å². The minimum Gasteiger partial charge on any atom is -0.342 e. The Morgan fingerprint density at radius 1 is 1.21 bits per heavy atom. The number of aromatic nitrogens is 4. The average Bonchev–Trinajstić information content (AvgIpc) is 3.27. The summed E-state index contributed by atoms with van der Waals surface area (Å²) < 4.78 is 4.26. The standard InChI is InChI=1S/C21H18N6S/c1-2-20-24-25-21(28)27(20)23-12-17-14-26(19-10-6-5-9-18(17)19)13-16-8-4-3-7-15(16)11-22/h3-10,12,14H,2,13H2,1H3,(H,25,28)/b23-12-. The van der Waals surface area contributed by atoms with Gasteiger partial charge in [0.2, 0.25) is 4.77 Å². The Morgan fingerprint density at radius 3 is 2.82 bits per heavy atom. The van der Waals surface area contributed by atoms with Gasteiger partial charge in [-0.2, -0.15) is 20.1 Å². The van der Waals surface area contributed by atoms with Gasteiger partial charge >= 0.3 is 0 Å². The summed E-state index contributed by atoms with van der Waals surface area (Å²) in [6.07, 6.45) is 4.59. The number of aromatic amines is 1. The van der Waals surface area contributed by atoms with Crippen molar-refractivity contribution in [2.24, 2.45) is 5.10 Å². The van der Waals surface area contributed by atoms with E-state index in [0.717, 1.165) is 34.3 Å². The normalized spacial score (nSPS) is 11.3. The van der Waals surface area contributed by atoms with E-state index < -0.39 is 0 Å². The topological polar surface area (TPSA) is 74.7 Å². The van der Waals surface area contributed by atoms with Crippen LogP contribution in [0.3, 0.4) is 0 Å². The number of H-pyrrole nitrogens is 1. The summed E-state index contributed by atoms with van der Waals surface area (Å²) in [5.74, 6) is 0.785. The molecule has 0 fully saturated rings. The number of nitrogens with one attached hydrogen (secondary N) is 1. The van der Waals surface area contributed by atoms with Gasteiger partial charge in [-0.05, 0) is 29.9 Å². The number of fused-ring (bicyclic) bond motifs is 1. The van der Waals surface area contributed by atoms with Crippen LogP contribution >= 0.6 is 12.2 Å². The summed E-state index contributed by atoms with van der Waals surface area (Å²) in [7, 11) is 0. The predicted octanol–water partition coefficient (Wildman–Crippen LogP) is 4.26. The molecule has 138 valence electrons. The summed E-state index contributed by atoms with van der Waals surface area (Å²) in [5.41, 5.74) is 3.74. The van der Waals surface area contributed by atoms with Crippen molar-refractivity contribution in [1.82, 2.24) is 19.4 Å². The lowest BCUT2D eigenvalue weighted by Crippen LogP contribution is -2.00. The summed E-state index contributed by atoms with van der Waals surface area (Å²) in [6, 6.07) is 18.1.